The summed E-state index contributed by atoms with van der Waals surface area (Å²) in [5.41, 5.74) is 1.06. The largest absolute Gasteiger partial charge is 0.469 e. The number of furan rings is 1. The number of esters is 1. The standard InChI is InChI=1S/C19H28O6/c1-22-18(21)7-3-2-6-13-10-14-15(12-20)17(11-16(14)24-13)25-19-8-4-5-9-23-19/h10,15,17,19-20H,2-9,11-12H2,1H3/t15-,17-,19?/m1/s1. The van der Waals surface area contributed by atoms with Gasteiger partial charge in [-0.15, -0.1) is 0 Å². The number of aliphatic hydroxyl groups excluding tert-OH is 1. The van der Waals surface area contributed by atoms with Crippen LogP contribution in [-0.4, -0.2) is 43.8 Å². The summed E-state index contributed by atoms with van der Waals surface area (Å²) in [5.74, 6) is 1.61. The van der Waals surface area contributed by atoms with Gasteiger partial charge in [-0.05, 0) is 38.2 Å². The van der Waals surface area contributed by atoms with Gasteiger partial charge in [0, 0.05) is 37.4 Å². The van der Waals surface area contributed by atoms with E-state index >= 15 is 0 Å². The summed E-state index contributed by atoms with van der Waals surface area (Å²) in [6.07, 6.45) is 6.48. The lowest BCUT2D eigenvalue weighted by molar-refractivity contribution is -0.192. The third-order valence-electron chi connectivity index (χ3n) is 5.07. The average molecular weight is 352 g/mol. The Morgan fingerprint density at radius 1 is 1.36 bits per heavy atom. The molecule has 1 aromatic heterocycles. The van der Waals surface area contributed by atoms with Crippen molar-refractivity contribution in [1.82, 2.24) is 0 Å². The molecule has 1 saturated heterocycles. The summed E-state index contributed by atoms with van der Waals surface area (Å²) in [7, 11) is 1.41. The second-order valence-electron chi connectivity index (χ2n) is 6.84. The van der Waals surface area contributed by atoms with Crippen LogP contribution in [-0.2, 0) is 31.8 Å². The predicted octanol–water partition coefficient (Wildman–Crippen LogP) is 2.71. The van der Waals surface area contributed by atoms with Gasteiger partial charge >= 0.3 is 5.97 Å². The first-order valence-electron chi connectivity index (χ1n) is 9.27. The number of aliphatic hydroxyl groups is 1. The first-order chi connectivity index (χ1) is 12.2. The molecule has 0 bridgehead atoms. The van der Waals surface area contributed by atoms with E-state index in [2.05, 4.69) is 4.74 Å². The number of aryl methyl sites for hydroxylation is 1. The minimum Gasteiger partial charge on any atom is -0.469 e. The maximum Gasteiger partial charge on any atom is 0.305 e. The molecule has 3 rings (SSSR count). The number of carbonyl (C=O) groups excluding carboxylic acids is 1. The number of hydrogen-bond donors (Lipinski definition) is 1. The minimum atomic E-state index is -0.174. The molecule has 0 amide bonds. The Morgan fingerprint density at radius 2 is 2.24 bits per heavy atom. The lowest BCUT2D eigenvalue weighted by Gasteiger charge is -2.28. The zero-order chi connectivity index (χ0) is 17.6. The van der Waals surface area contributed by atoms with Crippen molar-refractivity contribution >= 4 is 5.97 Å². The van der Waals surface area contributed by atoms with E-state index in [1.54, 1.807) is 0 Å². The first kappa shape index (κ1) is 18.4. The van der Waals surface area contributed by atoms with Crippen molar-refractivity contribution in [2.75, 3.05) is 20.3 Å². The van der Waals surface area contributed by atoms with Crippen LogP contribution in [0.2, 0.25) is 0 Å². The Morgan fingerprint density at radius 3 is 2.96 bits per heavy atom. The van der Waals surface area contributed by atoms with Gasteiger partial charge in [-0.2, -0.15) is 0 Å². The van der Waals surface area contributed by atoms with Gasteiger partial charge in [0.05, 0.1) is 19.8 Å². The topological polar surface area (TPSA) is 78.1 Å². The fraction of sp³-hybridized carbons (Fsp3) is 0.737. The van der Waals surface area contributed by atoms with E-state index in [1.165, 1.54) is 7.11 Å². The van der Waals surface area contributed by atoms with Crippen LogP contribution >= 0.6 is 0 Å². The van der Waals surface area contributed by atoms with Crippen molar-refractivity contribution in [3.8, 4) is 0 Å². The molecule has 2 heterocycles. The maximum atomic E-state index is 11.1. The normalized spacial score (nSPS) is 25.8. The van der Waals surface area contributed by atoms with E-state index in [1.807, 2.05) is 6.07 Å². The van der Waals surface area contributed by atoms with E-state index in [4.69, 9.17) is 13.9 Å². The lowest BCUT2D eigenvalue weighted by atomic mass is 10.0. The number of carbonyl (C=O) groups is 1. The van der Waals surface area contributed by atoms with Gasteiger partial charge in [0.25, 0.3) is 0 Å². The summed E-state index contributed by atoms with van der Waals surface area (Å²) in [5, 5.41) is 9.81. The molecule has 0 saturated carbocycles. The van der Waals surface area contributed by atoms with Gasteiger partial charge in [0.2, 0.25) is 0 Å². The molecule has 0 radical (unpaired) electrons. The van der Waals surface area contributed by atoms with Crippen molar-refractivity contribution in [2.45, 2.75) is 69.7 Å². The summed E-state index contributed by atoms with van der Waals surface area (Å²) >= 11 is 0. The number of unbranched alkanes of at least 4 members (excludes halogenated alkanes) is 1. The summed E-state index contributed by atoms with van der Waals surface area (Å²) in [4.78, 5) is 11.1. The second-order valence-corrected chi connectivity index (χ2v) is 6.84. The van der Waals surface area contributed by atoms with E-state index in [-0.39, 0.29) is 30.9 Å². The Bertz CT molecular complexity index is 560. The molecule has 25 heavy (non-hydrogen) atoms. The molecule has 0 spiro atoms. The zero-order valence-corrected chi connectivity index (χ0v) is 14.9. The van der Waals surface area contributed by atoms with Crippen LogP contribution in [0.15, 0.2) is 10.5 Å². The van der Waals surface area contributed by atoms with E-state index < -0.39 is 0 Å². The number of hydrogen-bond acceptors (Lipinski definition) is 6. The highest BCUT2D eigenvalue weighted by Gasteiger charge is 2.38. The van der Waals surface area contributed by atoms with E-state index in [9.17, 15) is 9.90 Å². The van der Waals surface area contributed by atoms with Crippen LogP contribution in [0.5, 0.6) is 0 Å². The molecular weight excluding hydrogens is 324 g/mol. The van der Waals surface area contributed by atoms with Crippen LogP contribution in [0.3, 0.4) is 0 Å². The third-order valence-corrected chi connectivity index (χ3v) is 5.07. The van der Waals surface area contributed by atoms with Crippen LogP contribution in [0, 0.1) is 0 Å². The van der Waals surface area contributed by atoms with Crippen molar-refractivity contribution in [3.05, 3.63) is 23.2 Å². The lowest BCUT2D eigenvalue weighted by Crippen LogP contribution is -2.31. The van der Waals surface area contributed by atoms with Gasteiger partial charge in [-0.1, -0.05) is 0 Å². The van der Waals surface area contributed by atoms with Gasteiger partial charge in [-0.3, -0.25) is 4.79 Å². The molecule has 1 N–H and O–H groups in total. The van der Waals surface area contributed by atoms with Gasteiger partial charge < -0.3 is 23.7 Å². The number of fused-ring (bicyclic) bond motifs is 1. The Hall–Kier alpha value is -1.37. The zero-order valence-electron chi connectivity index (χ0n) is 14.9. The van der Waals surface area contributed by atoms with Crippen LogP contribution in [0.25, 0.3) is 0 Å². The number of rotatable bonds is 8. The molecule has 2 aliphatic rings. The summed E-state index contributed by atoms with van der Waals surface area (Å²) in [6, 6.07) is 2.04. The van der Waals surface area contributed by atoms with Crippen molar-refractivity contribution in [3.63, 3.8) is 0 Å². The highest BCUT2D eigenvalue weighted by Crippen LogP contribution is 2.38. The number of methoxy groups -OCH3 is 1. The first-order valence-corrected chi connectivity index (χ1v) is 9.27. The molecule has 1 aliphatic carbocycles. The van der Waals surface area contributed by atoms with E-state index in [0.717, 1.165) is 62.2 Å². The van der Waals surface area contributed by atoms with Crippen LogP contribution < -0.4 is 0 Å². The fourth-order valence-electron chi connectivity index (χ4n) is 3.67. The predicted molar refractivity (Wildman–Crippen MR) is 90.3 cm³/mol. The van der Waals surface area contributed by atoms with Crippen LogP contribution in [0.1, 0.15) is 61.5 Å². The smallest absolute Gasteiger partial charge is 0.305 e. The molecule has 6 heteroatoms. The highest BCUT2D eigenvalue weighted by atomic mass is 16.7. The molecule has 1 aromatic rings. The fourth-order valence-corrected chi connectivity index (χ4v) is 3.67. The van der Waals surface area contributed by atoms with Gasteiger partial charge in [-0.25, -0.2) is 0 Å². The molecule has 1 fully saturated rings. The quantitative estimate of drug-likeness (QED) is 0.572. The molecular formula is C19H28O6. The third kappa shape index (κ3) is 4.63. The van der Waals surface area contributed by atoms with Crippen molar-refractivity contribution in [2.24, 2.45) is 0 Å². The summed E-state index contributed by atoms with van der Waals surface area (Å²) < 4.78 is 22.3. The Kier molecular flexibility index (Phi) is 6.51. The monoisotopic (exact) mass is 352 g/mol. The second kappa shape index (κ2) is 8.83. The van der Waals surface area contributed by atoms with Crippen molar-refractivity contribution in [1.29, 1.82) is 0 Å². The molecule has 1 unspecified atom stereocenters. The Balaban J connectivity index is 1.51. The molecule has 1 aliphatic heterocycles. The minimum absolute atomic E-state index is 0.0473. The average Bonchev–Trinajstić information content (AvgIpc) is 3.16. The summed E-state index contributed by atoms with van der Waals surface area (Å²) in [6.45, 7) is 0.798. The number of ether oxygens (including phenoxy) is 3. The molecule has 3 atom stereocenters. The van der Waals surface area contributed by atoms with Gasteiger partial charge in [0.15, 0.2) is 6.29 Å². The SMILES string of the molecule is COC(=O)CCCCc1cc2c(o1)C[C@@H](OC1CCCCO1)[C@@H]2CO. The molecule has 140 valence electrons. The van der Waals surface area contributed by atoms with Crippen molar-refractivity contribution < 1.29 is 28.5 Å². The van der Waals surface area contributed by atoms with Crippen LogP contribution in [0.4, 0.5) is 0 Å². The Labute approximate surface area is 148 Å². The van der Waals surface area contributed by atoms with Gasteiger partial charge in [0.1, 0.15) is 11.5 Å². The molecule has 0 aromatic carbocycles. The maximum absolute atomic E-state index is 11.1. The van der Waals surface area contributed by atoms with E-state index in [0.29, 0.717) is 12.8 Å². The highest BCUT2D eigenvalue weighted by molar-refractivity contribution is 5.68. The molecule has 6 nitrogen and oxygen atoms in total.